The topological polar surface area (TPSA) is 75.4 Å². The van der Waals surface area contributed by atoms with Crippen molar-refractivity contribution in [1.29, 1.82) is 0 Å². The van der Waals surface area contributed by atoms with Crippen molar-refractivity contribution in [2.75, 3.05) is 37.0 Å². The van der Waals surface area contributed by atoms with Crippen LogP contribution in [0.25, 0.3) is 0 Å². The third-order valence-corrected chi connectivity index (χ3v) is 4.60. The van der Waals surface area contributed by atoms with E-state index in [1.807, 2.05) is 0 Å². The van der Waals surface area contributed by atoms with Crippen LogP contribution in [0.3, 0.4) is 0 Å². The number of fused-ring (bicyclic) bond motifs is 1. The number of nitrogens with one attached hydrogen (secondary N) is 2. The number of hydrogen-bond donors (Lipinski definition) is 3. The molecule has 2 aliphatic rings. The summed E-state index contributed by atoms with van der Waals surface area (Å²) in [5, 5.41) is 4.07. The summed E-state index contributed by atoms with van der Waals surface area (Å²) in [4.78, 5) is 6.76. The predicted octanol–water partition coefficient (Wildman–Crippen LogP) is 1.95. The van der Waals surface area contributed by atoms with E-state index in [1.165, 1.54) is 19.4 Å². The minimum absolute atomic E-state index is 0.141. The molecule has 3 heterocycles. The Kier molecular flexibility index (Phi) is 4.71. The number of rotatable bonds is 4. The molecule has 0 saturated carbocycles. The number of hydrogen-bond acceptors (Lipinski definition) is 6. The second-order valence-electron chi connectivity index (χ2n) is 5.42. The Morgan fingerprint density at radius 1 is 1.38 bits per heavy atom. The predicted molar refractivity (Wildman–Crippen MR) is 84.9 cm³/mol. The SMILES string of the molecule is NNc1nc(NCC2CN3CCCC3CO2)c(Cl)cc1Cl. The fourth-order valence-electron chi connectivity index (χ4n) is 2.91. The molecular formula is C13H19Cl2N5O. The van der Waals surface area contributed by atoms with Gasteiger partial charge < -0.3 is 15.5 Å². The molecule has 0 spiro atoms. The lowest BCUT2D eigenvalue weighted by atomic mass is 10.2. The summed E-state index contributed by atoms with van der Waals surface area (Å²) in [6, 6.07) is 2.22. The number of anilines is 2. The number of nitrogens with two attached hydrogens (primary N) is 1. The zero-order chi connectivity index (χ0) is 14.8. The van der Waals surface area contributed by atoms with E-state index < -0.39 is 0 Å². The van der Waals surface area contributed by atoms with Crippen LogP contribution in [0, 0.1) is 0 Å². The first-order valence-corrected chi connectivity index (χ1v) is 7.85. The number of halogens is 2. The van der Waals surface area contributed by atoms with Gasteiger partial charge in [0.1, 0.15) is 5.82 Å². The second kappa shape index (κ2) is 6.54. The van der Waals surface area contributed by atoms with Crippen LogP contribution in [-0.2, 0) is 4.74 Å². The highest BCUT2D eigenvalue weighted by Gasteiger charge is 2.32. The Bertz CT molecular complexity index is 516. The summed E-state index contributed by atoms with van der Waals surface area (Å²) in [5.74, 6) is 6.32. The molecule has 2 aliphatic heterocycles. The summed E-state index contributed by atoms with van der Waals surface area (Å²) >= 11 is 12.1. The highest BCUT2D eigenvalue weighted by molar-refractivity contribution is 6.37. The number of nitrogens with zero attached hydrogens (tertiary/aromatic N) is 2. The van der Waals surface area contributed by atoms with E-state index in [9.17, 15) is 0 Å². The monoisotopic (exact) mass is 331 g/mol. The first-order chi connectivity index (χ1) is 10.2. The third kappa shape index (κ3) is 3.35. The van der Waals surface area contributed by atoms with E-state index in [2.05, 4.69) is 20.6 Å². The Morgan fingerprint density at radius 2 is 2.19 bits per heavy atom. The maximum atomic E-state index is 6.14. The molecule has 0 aliphatic carbocycles. The molecule has 2 unspecified atom stereocenters. The second-order valence-corrected chi connectivity index (χ2v) is 6.24. The van der Waals surface area contributed by atoms with Gasteiger partial charge in [0.05, 0.1) is 22.8 Å². The lowest BCUT2D eigenvalue weighted by Gasteiger charge is -2.35. The van der Waals surface area contributed by atoms with Gasteiger partial charge in [-0.3, -0.25) is 4.90 Å². The minimum atomic E-state index is 0.141. The van der Waals surface area contributed by atoms with E-state index in [0.29, 0.717) is 34.3 Å². The lowest BCUT2D eigenvalue weighted by molar-refractivity contribution is -0.0416. The summed E-state index contributed by atoms with van der Waals surface area (Å²) in [5.41, 5.74) is 2.45. The Balaban J connectivity index is 1.60. The molecule has 2 saturated heterocycles. The van der Waals surface area contributed by atoms with Crippen LogP contribution in [0.15, 0.2) is 6.07 Å². The average molecular weight is 332 g/mol. The van der Waals surface area contributed by atoms with Gasteiger partial charge in [0.15, 0.2) is 5.82 Å². The molecule has 8 heteroatoms. The maximum absolute atomic E-state index is 6.14. The van der Waals surface area contributed by atoms with Crippen molar-refractivity contribution in [2.24, 2.45) is 5.84 Å². The average Bonchev–Trinajstić information content (AvgIpc) is 2.94. The number of nitrogen functional groups attached to an aromatic ring is 1. The van der Waals surface area contributed by atoms with Gasteiger partial charge in [0.25, 0.3) is 0 Å². The van der Waals surface area contributed by atoms with Crippen LogP contribution in [0.1, 0.15) is 12.8 Å². The van der Waals surface area contributed by atoms with Crippen molar-refractivity contribution < 1.29 is 4.74 Å². The van der Waals surface area contributed by atoms with Crippen LogP contribution in [-0.4, -0.2) is 48.3 Å². The van der Waals surface area contributed by atoms with Crippen molar-refractivity contribution >= 4 is 34.8 Å². The molecular weight excluding hydrogens is 313 g/mol. The van der Waals surface area contributed by atoms with Gasteiger partial charge in [-0.15, -0.1) is 0 Å². The van der Waals surface area contributed by atoms with Crippen molar-refractivity contribution in [3.05, 3.63) is 16.1 Å². The quantitative estimate of drug-likeness (QED) is 0.578. The first kappa shape index (κ1) is 15.1. The summed E-state index contributed by atoms with van der Waals surface area (Å²) in [6.07, 6.45) is 2.66. The molecule has 21 heavy (non-hydrogen) atoms. The van der Waals surface area contributed by atoms with Gasteiger partial charge >= 0.3 is 0 Å². The van der Waals surface area contributed by atoms with Crippen LogP contribution < -0.4 is 16.6 Å². The lowest BCUT2D eigenvalue weighted by Crippen LogP contribution is -2.48. The fourth-order valence-corrected chi connectivity index (χ4v) is 3.39. The summed E-state index contributed by atoms with van der Waals surface area (Å²) < 4.78 is 5.89. The van der Waals surface area contributed by atoms with E-state index in [-0.39, 0.29) is 6.10 Å². The molecule has 116 valence electrons. The van der Waals surface area contributed by atoms with Crippen molar-refractivity contribution in [3.8, 4) is 0 Å². The van der Waals surface area contributed by atoms with Gasteiger partial charge in [0, 0.05) is 19.1 Å². The molecule has 0 aromatic carbocycles. The number of aromatic nitrogens is 1. The molecule has 0 bridgehead atoms. The number of hydrazine groups is 1. The summed E-state index contributed by atoms with van der Waals surface area (Å²) in [6.45, 7) is 3.59. The Morgan fingerprint density at radius 3 is 3.00 bits per heavy atom. The molecule has 2 fully saturated rings. The van der Waals surface area contributed by atoms with Crippen molar-refractivity contribution in [2.45, 2.75) is 25.0 Å². The van der Waals surface area contributed by atoms with Crippen molar-refractivity contribution in [3.63, 3.8) is 0 Å². The molecule has 1 aromatic rings. The largest absolute Gasteiger partial charge is 0.373 e. The highest BCUT2D eigenvalue weighted by Crippen LogP contribution is 2.29. The van der Waals surface area contributed by atoms with Crippen LogP contribution in [0.4, 0.5) is 11.6 Å². The molecule has 2 atom stereocenters. The Hall–Kier alpha value is -0.790. The van der Waals surface area contributed by atoms with Gasteiger partial charge in [-0.2, -0.15) is 0 Å². The van der Waals surface area contributed by atoms with E-state index in [0.717, 1.165) is 13.2 Å². The normalized spacial score (nSPS) is 25.7. The summed E-state index contributed by atoms with van der Waals surface area (Å²) in [7, 11) is 0. The van der Waals surface area contributed by atoms with Crippen LogP contribution >= 0.6 is 23.2 Å². The smallest absolute Gasteiger partial charge is 0.161 e. The van der Waals surface area contributed by atoms with E-state index in [4.69, 9.17) is 33.8 Å². The third-order valence-electron chi connectivity index (χ3n) is 4.02. The van der Waals surface area contributed by atoms with E-state index in [1.54, 1.807) is 6.07 Å². The number of ether oxygens (including phenoxy) is 1. The molecule has 0 amide bonds. The van der Waals surface area contributed by atoms with E-state index >= 15 is 0 Å². The van der Waals surface area contributed by atoms with Gasteiger partial charge in [0.2, 0.25) is 0 Å². The zero-order valence-corrected chi connectivity index (χ0v) is 13.1. The fraction of sp³-hybridized carbons (Fsp3) is 0.615. The minimum Gasteiger partial charge on any atom is -0.373 e. The maximum Gasteiger partial charge on any atom is 0.161 e. The number of pyridine rings is 1. The zero-order valence-electron chi connectivity index (χ0n) is 11.6. The highest BCUT2D eigenvalue weighted by atomic mass is 35.5. The molecule has 4 N–H and O–H groups in total. The van der Waals surface area contributed by atoms with Crippen LogP contribution in [0.2, 0.25) is 10.0 Å². The van der Waals surface area contributed by atoms with Crippen molar-refractivity contribution in [1.82, 2.24) is 9.88 Å². The molecule has 6 nitrogen and oxygen atoms in total. The number of morpholine rings is 1. The first-order valence-electron chi connectivity index (χ1n) is 7.09. The molecule has 3 rings (SSSR count). The molecule has 1 aromatic heterocycles. The standard InChI is InChI=1S/C13H19Cl2N5O/c14-10-4-11(15)13(19-16)18-12(10)17-5-9-6-20-3-1-2-8(20)7-21-9/h4,8-9H,1-3,5-7,16H2,(H2,17,18,19). The van der Waals surface area contributed by atoms with Gasteiger partial charge in [-0.1, -0.05) is 23.2 Å². The van der Waals surface area contributed by atoms with Crippen LogP contribution in [0.5, 0.6) is 0 Å². The molecule has 0 radical (unpaired) electrons. The van der Waals surface area contributed by atoms with Gasteiger partial charge in [-0.05, 0) is 25.5 Å². The Labute approximate surface area is 133 Å². The van der Waals surface area contributed by atoms with Gasteiger partial charge in [-0.25, -0.2) is 10.8 Å².